The zero-order chi connectivity index (χ0) is 15.3. The number of nitrogens with two attached hydrogens (primary N) is 1. The minimum atomic E-state index is -3.54. The summed E-state index contributed by atoms with van der Waals surface area (Å²) in [5, 5.41) is 0. The molecule has 0 heterocycles. The third-order valence-electron chi connectivity index (χ3n) is 2.62. The maximum atomic E-state index is 12.1. The normalized spacial score (nSPS) is 11.8. The summed E-state index contributed by atoms with van der Waals surface area (Å²) in [5.41, 5.74) is 6.97. The van der Waals surface area contributed by atoms with E-state index in [0.717, 1.165) is 5.56 Å². The average molecular weight is 316 g/mol. The van der Waals surface area contributed by atoms with Crippen molar-refractivity contribution in [2.24, 2.45) is 5.73 Å². The molecule has 0 saturated heterocycles. The molecule has 0 aromatic heterocycles. The second-order valence-electron chi connectivity index (χ2n) is 4.66. The van der Waals surface area contributed by atoms with Crippen LogP contribution in [0.1, 0.15) is 25.0 Å². The van der Waals surface area contributed by atoms with Gasteiger partial charge >= 0.3 is 0 Å². The van der Waals surface area contributed by atoms with E-state index in [1.54, 1.807) is 19.1 Å². The zero-order valence-corrected chi connectivity index (χ0v) is 13.5. The molecule has 7 heteroatoms. The Morgan fingerprint density at radius 3 is 2.60 bits per heavy atom. The molecule has 0 aliphatic heterocycles. The van der Waals surface area contributed by atoms with Crippen LogP contribution in [-0.4, -0.2) is 32.7 Å². The summed E-state index contributed by atoms with van der Waals surface area (Å²) in [5.74, 6) is 0. The highest BCUT2D eigenvalue weighted by Gasteiger charge is 2.15. The largest absolute Gasteiger partial charge is 0.389 e. The molecule has 0 unspecified atom stereocenters. The predicted molar refractivity (Wildman–Crippen MR) is 83.3 cm³/mol. The third-order valence-corrected chi connectivity index (χ3v) is 4.30. The van der Waals surface area contributed by atoms with E-state index in [9.17, 15) is 8.42 Å². The van der Waals surface area contributed by atoms with Crippen molar-refractivity contribution < 1.29 is 13.2 Å². The second-order valence-corrected chi connectivity index (χ2v) is 6.87. The van der Waals surface area contributed by atoms with Crippen molar-refractivity contribution >= 4 is 27.2 Å². The summed E-state index contributed by atoms with van der Waals surface area (Å²) in [6.45, 7) is 6.13. The van der Waals surface area contributed by atoms with Gasteiger partial charge in [-0.3, -0.25) is 0 Å². The molecule has 1 aromatic carbocycles. The Morgan fingerprint density at radius 1 is 1.45 bits per heavy atom. The molecule has 0 atom stereocenters. The molecular formula is C13H20N2O3S2. The van der Waals surface area contributed by atoms with E-state index in [1.165, 1.54) is 6.07 Å². The van der Waals surface area contributed by atoms with Gasteiger partial charge in [0.15, 0.2) is 0 Å². The smallest absolute Gasteiger partial charge is 0.240 e. The van der Waals surface area contributed by atoms with Crippen LogP contribution in [0.15, 0.2) is 23.1 Å². The highest BCUT2D eigenvalue weighted by Crippen LogP contribution is 2.15. The zero-order valence-electron chi connectivity index (χ0n) is 11.8. The fourth-order valence-electron chi connectivity index (χ4n) is 1.63. The molecule has 1 aromatic rings. The molecule has 20 heavy (non-hydrogen) atoms. The van der Waals surface area contributed by atoms with Crippen molar-refractivity contribution in [3.8, 4) is 0 Å². The van der Waals surface area contributed by atoms with Crippen LogP contribution >= 0.6 is 12.2 Å². The number of ether oxygens (including phenoxy) is 1. The predicted octanol–water partition coefficient (Wildman–Crippen LogP) is 1.33. The van der Waals surface area contributed by atoms with E-state index in [4.69, 9.17) is 22.7 Å². The Kier molecular flexibility index (Phi) is 6.07. The number of thiocarbonyl (C=S) groups is 1. The Morgan fingerprint density at radius 2 is 2.10 bits per heavy atom. The summed E-state index contributed by atoms with van der Waals surface area (Å²) in [7, 11) is -3.54. The van der Waals surface area contributed by atoms with Crippen LogP contribution in [0.4, 0.5) is 0 Å². The number of benzene rings is 1. The highest BCUT2D eigenvalue weighted by atomic mass is 32.2. The lowest BCUT2D eigenvalue weighted by atomic mass is 10.1. The first kappa shape index (κ1) is 17.0. The number of sulfonamides is 1. The summed E-state index contributed by atoms with van der Waals surface area (Å²) in [6.07, 6.45) is 0.0756. The van der Waals surface area contributed by atoms with Crippen molar-refractivity contribution in [1.82, 2.24) is 4.72 Å². The molecule has 0 aliphatic carbocycles. The van der Waals surface area contributed by atoms with Gasteiger partial charge in [-0.25, -0.2) is 13.1 Å². The quantitative estimate of drug-likeness (QED) is 0.586. The van der Waals surface area contributed by atoms with Gasteiger partial charge in [-0.15, -0.1) is 0 Å². The van der Waals surface area contributed by atoms with Gasteiger partial charge in [-0.1, -0.05) is 18.3 Å². The van der Waals surface area contributed by atoms with Gasteiger partial charge in [0, 0.05) is 12.1 Å². The Balaban J connectivity index is 2.78. The van der Waals surface area contributed by atoms with E-state index >= 15 is 0 Å². The third kappa shape index (κ3) is 4.82. The van der Waals surface area contributed by atoms with Crippen LogP contribution in [0, 0.1) is 6.92 Å². The van der Waals surface area contributed by atoms with Gasteiger partial charge in [-0.2, -0.15) is 0 Å². The maximum Gasteiger partial charge on any atom is 0.240 e. The standard InChI is InChI=1S/C13H20N2O3S2/c1-9(2)18-7-6-15-20(16,17)11-4-5-12(13(14)19)10(3)8-11/h4-5,8-9,15H,6-7H2,1-3H3,(H2,14,19). The first-order chi connectivity index (χ1) is 9.24. The fraction of sp³-hybridized carbons (Fsp3) is 0.462. The van der Waals surface area contributed by atoms with Crippen LogP contribution in [0.5, 0.6) is 0 Å². The highest BCUT2D eigenvalue weighted by molar-refractivity contribution is 7.89. The molecular weight excluding hydrogens is 296 g/mol. The molecule has 0 amide bonds. The average Bonchev–Trinajstić information content (AvgIpc) is 2.34. The van der Waals surface area contributed by atoms with E-state index in [2.05, 4.69) is 4.72 Å². The van der Waals surface area contributed by atoms with Crippen molar-refractivity contribution in [2.45, 2.75) is 31.8 Å². The number of nitrogens with one attached hydrogen (secondary N) is 1. The maximum absolute atomic E-state index is 12.1. The van der Waals surface area contributed by atoms with Crippen LogP contribution in [0.25, 0.3) is 0 Å². The summed E-state index contributed by atoms with van der Waals surface area (Å²) < 4.78 is 31.9. The van der Waals surface area contributed by atoms with E-state index in [0.29, 0.717) is 12.2 Å². The van der Waals surface area contributed by atoms with Crippen molar-refractivity contribution in [3.05, 3.63) is 29.3 Å². The number of hydrogen-bond acceptors (Lipinski definition) is 4. The Hall–Kier alpha value is -1.02. The van der Waals surface area contributed by atoms with Crippen LogP contribution in [0.2, 0.25) is 0 Å². The molecule has 3 N–H and O–H groups in total. The molecule has 0 fully saturated rings. The lowest BCUT2D eigenvalue weighted by Crippen LogP contribution is -2.28. The topological polar surface area (TPSA) is 81.4 Å². The Labute approximate surface area is 125 Å². The monoisotopic (exact) mass is 316 g/mol. The van der Waals surface area contributed by atoms with Gasteiger partial charge in [0.1, 0.15) is 4.99 Å². The van der Waals surface area contributed by atoms with Gasteiger partial charge < -0.3 is 10.5 Å². The van der Waals surface area contributed by atoms with Gasteiger partial charge in [0.2, 0.25) is 10.0 Å². The molecule has 0 saturated carbocycles. The number of rotatable bonds is 7. The molecule has 1 rings (SSSR count). The summed E-state index contributed by atoms with van der Waals surface area (Å²) in [6, 6.07) is 4.67. The number of hydrogen-bond donors (Lipinski definition) is 2. The van der Waals surface area contributed by atoms with Gasteiger partial charge in [-0.05, 0) is 38.5 Å². The molecule has 0 aliphatic rings. The van der Waals surface area contributed by atoms with Crippen molar-refractivity contribution in [1.29, 1.82) is 0 Å². The van der Waals surface area contributed by atoms with Crippen LogP contribution in [-0.2, 0) is 14.8 Å². The first-order valence-electron chi connectivity index (χ1n) is 6.26. The molecule has 0 bridgehead atoms. The van der Waals surface area contributed by atoms with Crippen molar-refractivity contribution in [3.63, 3.8) is 0 Å². The van der Waals surface area contributed by atoms with Crippen molar-refractivity contribution in [2.75, 3.05) is 13.2 Å². The first-order valence-corrected chi connectivity index (χ1v) is 8.15. The Bertz CT molecular complexity index is 583. The van der Waals surface area contributed by atoms with Crippen LogP contribution < -0.4 is 10.5 Å². The SMILES string of the molecule is Cc1cc(S(=O)(=O)NCCOC(C)C)ccc1C(N)=S. The lowest BCUT2D eigenvalue weighted by Gasteiger charge is -2.11. The lowest BCUT2D eigenvalue weighted by molar-refractivity contribution is 0.0834. The number of aryl methyl sites for hydroxylation is 1. The van der Waals surface area contributed by atoms with E-state index < -0.39 is 10.0 Å². The molecule has 0 radical (unpaired) electrons. The van der Waals surface area contributed by atoms with Crippen LogP contribution in [0.3, 0.4) is 0 Å². The van der Waals surface area contributed by atoms with E-state index in [-0.39, 0.29) is 22.5 Å². The van der Waals surface area contributed by atoms with Gasteiger partial charge in [0.25, 0.3) is 0 Å². The summed E-state index contributed by atoms with van der Waals surface area (Å²) in [4.78, 5) is 0.448. The fourth-order valence-corrected chi connectivity index (χ4v) is 2.96. The summed E-state index contributed by atoms with van der Waals surface area (Å²) >= 11 is 4.89. The minimum Gasteiger partial charge on any atom is -0.389 e. The second kappa shape index (κ2) is 7.12. The minimum absolute atomic E-state index is 0.0756. The van der Waals surface area contributed by atoms with E-state index in [1.807, 2.05) is 13.8 Å². The molecule has 5 nitrogen and oxygen atoms in total. The molecule has 0 spiro atoms. The van der Waals surface area contributed by atoms with Gasteiger partial charge in [0.05, 0.1) is 17.6 Å². The molecule has 112 valence electrons.